The van der Waals surface area contributed by atoms with Crippen LogP contribution in [-0.4, -0.2) is 46.3 Å². The van der Waals surface area contributed by atoms with Gasteiger partial charge in [-0.15, -0.1) is 0 Å². The van der Waals surface area contributed by atoms with Gasteiger partial charge in [-0.05, 0) is 48.2 Å². The Kier molecular flexibility index (Phi) is 7.55. The van der Waals surface area contributed by atoms with Crippen LogP contribution < -0.4 is 18.9 Å². The third kappa shape index (κ3) is 5.11. The summed E-state index contributed by atoms with van der Waals surface area (Å²) in [5, 5.41) is 5.04. The normalized spacial score (nSPS) is 14.0. The van der Waals surface area contributed by atoms with Gasteiger partial charge in [-0.25, -0.2) is 4.68 Å². The van der Waals surface area contributed by atoms with Gasteiger partial charge in [0, 0.05) is 17.9 Å². The number of carbonyl (C=O) groups is 1. The quantitative estimate of drug-likeness (QED) is 0.264. The smallest absolute Gasteiger partial charge is 0.299 e. The van der Waals surface area contributed by atoms with Gasteiger partial charge >= 0.3 is 0 Å². The Morgan fingerprint density at radius 1 is 0.946 bits per heavy atom. The molecule has 0 N–H and O–H groups in total. The van der Waals surface area contributed by atoms with E-state index in [1.807, 2.05) is 24.3 Å². The molecule has 2 heterocycles. The van der Waals surface area contributed by atoms with Crippen molar-refractivity contribution in [3.8, 4) is 23.1 Å². The van der Waals surface area contributed by atoms with Crippen LogP contribution in [0.1, 0.15) is 60.4 Å². The van der Waals surface area contributed by atoms with Crippen molar-refractivity contribution in [3.63, 3.8) is 0 Å². The highest BCUT2D eigenvalue weighted by atomic mass is 32.1. The lowest BCUT2D eigenvalue weighted by Gasteiger charge is -2.21. The summed E-state index contributed by atoms with van der Waals surface area (Å²) in [4.78, 5) is 11.7. The summed E-state index contributed by atoms with van der Waals surface area (Å²) >= 11 is 1.20. The van der Waals surface area contributed by atoms with E-state index < -0.39 is 0 Å². The summed E-state index contributed by atoms with van der Waals surface area (Å²) in [6, 6.07) is 9.85. The fourth-order valence-corrected chi connectivity index (χ4v) is 5.71. The van der Waals surface area contributed by atoms with E-state index in [1.165, 1.54) is 31.0 Å². The average Bonchev–Trinajstić information content (AvgIpc) is 3.53. The van der Waals surface area contributed by atoms with Crippen LogP contribution in [0.4, 0.5) is 0 Å². The highest BCUT2D eigenvalue weighted by Crippen LogP contribution is 2.41. The van der Waals surface area contributed by atoms with E-state index >= 15 is 0 Å². The molecule has 2 aromatic carbocycles. The molecule has 0 saturated heterocycles. The molecule has 194 valence electrons. The average molecular weight is 523 g/mol. The number of nitrogens with zero attached hydrogens (tertiary/aromatic N) is 4. The van der Waals surface area contributed by atoms with Gasteiger partial charge in [0.2, 0.25) is 11.6 Å². The Labute approximate surface area is 219 Å². The Hall–Kier alpha value is -3.66. The van der Waals surface area contributed by atoms with E-state index in [-0.39, 0.29) is 0 Å². The SMILES string of the molecule is COc1cc(Cn2nc(C3CCCCC3)c(Cc3ccc4nsnc4c3)c2OC=O)cc(OC)c1OC. The minimum atomic E-state index is 0.323. The minimum absolute atomic E-state index is 0.323. The number of benzene rings is 2. The van der Waals surface area contributed by atoms with E-state index in [4.69, 9.17) is 24.0 Å². The zero-order valence-electron chi connectivity index (χ0n) is 21.2. The van der Waals surface area contributed by atoms with Crippen molar-refractivity contribution in [1.29, 1.82) is 0 Å². The summed E-state index contributed by atoms with van der Waals surface area (Å²) < 4.78 is 32.6. The van der Waals surface area contributed by atoms with Gasteiger partial charge in [-0.2, -0.15) is 13.8 Å². The predicted octanol–water partition coefficient (Wildman–Crippen LogP) is 5.14. The van der Waals surface area contributed by atoms with Crippen LogP contribution in [0.25, 0.3) is 11.0 Å². The molecule has 1 aliphatic carbocycles. The van der Waals surface area contributed by atoms with Crippen LogP contribution in [-0.2, 0) is 17.8 Å². The first-order chi connectivity index (χ1) is 18.1. The maximum atomic E-state index is 11.7. The summed E-state index contributed by atoms with van der Waals surface area (Å²) in [6.45, 7) is 0.846. The zero-order valence-corrected chi connectivity index (χ0v) is 22.0. The zero-order chi connectivity index (χ0) is 25.8. The van der Waals surface area contributed by atoms with E-state index in [9.17, 15) is 4.79 Å². The molecule has 4 aromatic rings. The van der Waals surface area contributed by atoms with Gasteiger partial charge in [0.05, 0.1) is 45.3 Å². The molecule has 9 nitrogen and oxygen atoms in total. The van der Waals surface area contributed by atoms with Crippen LogP contribution in [0.2, 0.25) is 0 Å². The van der Waals surface area contributed by atoms with Gasteiger partial charge in [0.15, 0.2) is 11.5 Å². The Balaban J connectivity index is 1.58. The van der Waals surface area contributed by atoms with Crippen molar-refractivity contribution in [2.24, 2.45) is 0 Å². The van der Waals surface area contributed by atoms with Crippen LogP contribution in [0.15, 0.2) is 30.3 Å². The second-order valence-electron chi connectivity index (χ2n) is 9.17. The van der Waals surface area contributed by atoms with E-state index in [0.717, 1.165) is 46.3 Å². The molecule has 0 aliphatic heterocycles. The van der Waals surface area contributed by atoms with Crippen molar-refractivity contribution >= 4 is 29.2 Å². The molecule has 0 radical (unpaired) electrons. The predicted molar refractivity (Wildman–Crippen MR) is 140 cm³/mol. The summed E-state index contributed by atoms with van der Waals surface area (Å²) in [7, 11) is 4.75. The lowest BCUT2D eigenvalue weighted by atomic mass is 9.84. The number of aromatic nitrogens is 4. The van der Waals surface area contributed by atoms with Crippen LogP contribution >= 0.6 is 11.7 Å². The minimum Gasteiger partial charge on any atom is -0.493 e. The van der Waals surface area contributed by atoms with E-state index in [0.29, 0.717) is 48.5 Å². The molecule has 2 aromatic heterocycles. The topological polar surface area (TPSA) is 97.6 Å². The number of carbonyl (C=O) groups excluding carboxylic acids is 1. The highest BCUT2D eigenvalue weighted by Gasteiger charge is 2.28. The number of rotatable bonds is 10. The first-order valence-electron chi connectivity index (χ1n) is 12.3. The Morgan fingerprint density at radius 3 is 2.35 bits per heavy atom. The third-order valence-corrected chi connectivity index (χ3v) is 7.49. The van der Waals surface area contributed by atoms with Crippen molar-refractivity contribution in [2.45, 2.75) is 51.0 Å². The Bertz CT molecular complexity index is 1370. The lowest BCUT2D eigenvalue weighted by molar-refractivity contribution is -0.121. The fraction of sp³-hybridized carbons (Fsp3) is 0.407. The highest BCUT2D eigenvalue weighted by molar-refractivity contribution is 7.00. The van der Waals surface area contributed by atoms with Crippen LogP contribution in [0.3, 0.4) is 0 Å². The number of ether oxygens (including phenoxy) is 4. The molecular weight excluding hydrogens is 492 g/mol. The van der Waals surface area contributed by atoms with Gasteiger partial charge in [-0.1, -0.05) is 25.3 Å². The van der Waals surface area contributed by atoms with Crippen molar-refractivity contribution in [2.75, 3.05) is 21.3 Å². The van der Waals surface area contributed by atoms with Gasteiger partial charge in [0.1, 0.15) is 11.0 Å². The summed E-state index contributed by atoms with van der Waals surface area (Å²) in [5.74, 6) is 2.41. The molecule has 10 heteroatoms. The Morgan fingerprint density at radius 2 is 1.68 bits per heavy atom. The second-order valence-corrected chi connectivity index (χ2v) is 9.70. The monoisotopic (exact) mass is 522 g/mol. The lowest BCUT2D eigenvalue weighted by Crippen LogP contribution is -2.09. The van der Waals surface area contributed by atoms with E-state index in [1.54, 1.807) is 26.0 Å². The molecular formula is C27H30N4O5S. The van der Waals surface area contributed by atoms with Gasteiger partial charge in [-0.3, -0.25) is 4.79 Å². The van der Waals surface area contributed by atoms with Gasteiger partial charge < -0.3 is 18.9 Å². The van der Waals surface area contributed by atoms with Crippen molar-refractivity contribution < 1.29 is 23.7 Å². The van der Waals surface area contributed by atoms with E-state index in [2.05, 4.69) is 14.8 Å². The molecule has 37 heavy (non-hydrogen) atoms. The maximum Gasteiger partial charge on any atom is 0.299 e. The molecule has 0 bridgehead atoms. The number of hydrogen-bond donors (Lipinski definition) is 0. The molecule has 1 aliphatic rings. The third-order valence-electron chi connectivity index (χ3n) is 6.94. The van der Waals surface area contributed by atoms with Crippen LogP contribution in [0, 0.1) is 0 Å². The van der Waals surface area contributed by atoms with Crippen molar-refractivity contribution in [3.05, 3.63) is 52.7 Å². The van der Waals surface area contributed by atoms with Gasteiger partial charge in [0.25, 0.3) is 6.47 Å². The molecule has 1 saturated carbocycles. The number of fused-ring (bicyclic) bond motifs is 1. The summed E-state index contributed by atoms with van der Waals surface area (Å²) in [5.41, 5.74) is 5.63. The maximum absolute atomic E-state index is 11.7. The molecule has 1 fully saturated rings. The fourth-order valence-electron chi connectivity index (χ4n) is 5.20. The standard InChI is InChI=1S/C27H30N4O5S/c1-33-23-13-18(14-24(34-2)26(23)35-3)15-31-27(36-16-32)20(25(28-31)19-7-5-4-6-8-19)11-17-9-10-21-22(12-17)30-37-29-21/h9-10,12-14,16,19H,4-8,11,15H2,1-3H3. The van der Waals surface area contributed by atoms with Crippen LogP contribution in [0.5, 0.6) is 23.1 Å². The first-order valence-corrected chi connectivity index (χ1v) is 13.1. The largest absolute Gasteiger partial charge is 0.493 e. The summed E-state index contributed by atoms with van der Waals surface area (Å²) in [6.07, 6.45) is 6.31. The molecule has 5 rings (SSSR count). The second kappa shape index (κ2) is 11.2. The number of methoxy groups -OCH3 is 3. The first kappa shape index (κ1) is 25.0. The number of hydrogen-bond acceptors (Lipinski definition) is 9. The molecule has 0 spiro atoms. The van der Waals surface area contributed by atoms with Crippen molar-refractivity contribution in [1.82, 2.24) is 18.5 Å². The molecule has 0 atom stereocenters. The molecule has 0 amide bonds. The molecule has 0 unspecified atom stereocenters.